The zero-order valence-corrected chi connectivity index (χ0v) is 8.38. The van der Waals surface area contributed by atoms with E-state index >= 15 is 0 Å². The van der Waals surface area contributed by atoms with Crippen LogP contribution in [0.3, 0.4) is 0 Å². The van der Waals surface area contributed by atoms with Crippen molar-refractivity contribution in [2.24, 2.45) is 5.92 Å². The second kappa shape index (κ2) is 4.91. The van der Waals surface area contributed by atoms with Crippen LogP contribution in [0, 0.1) is 5.92 Å². The number of carbonyl (C=O) groups excluding carboxylic acids is 1. The maximum Gasteiger partial charge on any atom is 0.471 e. The number of halogens is 3. The summed E-state index contributed by atoms with van der Waals surface area (Å²) in [6.45, 7) is 0.144. The van der Waals surface area contributed by atoms with E-state index in [1.165, 1.54) is 0 Å². The number of alkyl halides is 3. The molecule has 1 fully saturated rings. The summed E-state index contributed by atoms with van der Waals surface area (Å²) in [5.41, 5.74) is 0. The molecule has 1 unspecified atom stereocenters. The van der Waals surface area contributed by atoms with Crippen LogP contribution in [0.15, 0.2) is 0 Å². The van der Waals surface area contributed by atoms with E-state index in [9.17, 15) is 18.0 Å². The van der Waals surface area contributed by atoms with Gasteiger partial charge in [-0.25, -0.2) is 0 Å². The van der Waals surface area contributed by atoms with Gasteiger partial charge in [-0.15, -0.1) is 0 Å². The third-order valence-corrected chi connectivity index (χ3v) is 3.35. The monoisotopic (exact) mass is 227 g/mol. The van der Waals surface area contributed by atoms with Gasteiger partial charge < -0.3 is 5.32 Å². The number of hydrogen-bond donors (Lipinski definition) is 1. The van der Waals surface area contributed by atoms with Crippen molar-refractivity contribution in [1.82, 2.24) is 5.32 Å². The van der Waals surface area contributed by atoms with Crippen LogP contribution in [-0.4, -0.2) is 30.1 Å². The van der Waals surface area contributed by atoms with Crippen LogP contribution in [0.2, 0.25) is 0 Å². The molecule has 1 heterocycles. The highest BCUT2D eigenvalue weighted by Crippen LogP contribution is 2.22. The lowest BCUT2D eigenvalue weighted by atomic mass is 10.1. The Kier molecular flexibility index (Phi) is 4.10. The molecule has 2 nitrogen and oxygen atoms in total. The summed E-state index contributed by atoms with van der Waals surface area (Å²) in [4.78, 5) is 10.5. The summed E-state index contributed by atoms with van der Waals surface area (Å²) in [6.07, 6.45) is -2.82. The van der Waals surface area contributed by atoms with Gasteiger partial charge in [0.15, 0.2) is 0 Å². The molecular weight excluding hydrogens is 215 g/mol. The van der Waals surface area contributed by atoms with Crippen LogP contribution in [0.25, 0.3) is 0 Å². The lowest BCUT2D eigenvalue weighted by molar-refractivity contribution is -0.173. The highest BCUT2D eigenvalue weighted by molar-refractivity contribution is 7.99. The van der Waals surface area contributed by atoms with Gasteiger partial charge in [0.05, 0.1) is 0 Å². The molecule has 0 bridgehead atoms. The van der Waals surface area contributed by atoms with Crippen molar-refractivity contribution in [2.75, 3.05) is 18.1 Å². The first-order valence-electron chi connectivity index (χ1n) is 4.43. The van der Waals surface area contributed by atoms with Crippen molar-refractivity contribution in [3.63, 3.8) is 0 Å². The standard InChI is InChI=1S/C8H12F3NOS/c9-8(10,11)7(13)12-4-6-2-1-3-14-5-6/h6H,1-5H2,(H,12,13). The molecule has 0 aromatic heterocycles. The number of thioether (sulfide) groups is 1. The van der Waals surface area contributed by atoms with Crippen molar-refractivity contribution < 1.29 is 18.0 Å². The number of carbonyl (C=O) groups is 1. The lowest BCUT2D eigenvalue weighted by Gasteiger charge is -2.21. The molecule has 14 heavy (non-hydrogen) atoms. The molecular formula is C8H12F3NOS. The number of rotatable bonds is 2. The van der Waals surface area contributed by atoms with Crippen LogP contribution >= 0.6 is 11.8 Å². The number of hydrogen-bond acceptors (Lipinski definition) is 2. The summed E-state index contributed by atoms with van der Waals surface area (Å²) >= 11 is 1.73. The number of nitrogens with one attached hydrogen (secondary N) is 1. The Balaban J connectivity index is 2.22. The summed E-state index contributed by atoms with van der Waals surface area (Å²) in [6, 6.07) is 0. The average Bonchev–Trinajstić information content (AvgIpc) is 2.14. The van der Waals surface area contributed by atoms with E-state index in [1.54, 1.807) is 11.8 Å². The lowest BCUT2D eigenvalue weighted by Crippen LogP contribution is -2.40. The van der Waals surface area contributed by atoms with Crippen molar-refractivity contribution in [1.29, 1.82) is 0 Å². The molecule has 6 heteroatoms. The minimum Gasteiger partial charge on any atom is -0.348 e. The van der Waals surface area contributed by atoms with Crippen molar-refractivity contribution >= 4 is 17.7 Å². The summed E-state index contributed by atoms with van der Waals surface area (Å²) < 4.78 is 35.4. The normalized spacial score (nSPS) is 23.2. The third-order valence-electron chi connectivity index (χ3n) is 2.06. The fourth-order valence-corrected chi connectivity index (χ4v) is 2.46. The second-order valence-corrected chi connectivity index (χ2v) is 4.44. The van der Waals surface area contributed by atoms with Crippen LogP contribution in [0.5, 0.6) is 0 Å². The molecule has 0 aliphatic carbocycles. The first-order chi connectivity index (χ1) is 6.50. The topological polar surface area (TPSA) is 29.1 Å². The van der Waals surface area contributed by atoms with Gasteiger partial charge in [0.25, 0.3) is 0 Å². The smallest absolute Gasteiger partial charge is 0.348 e. The molecule has 1 rings (SSSR count). The molecule has 0 radical (unpaired) electrons. The highest BCUT2D eigenvalue weighted by Gasteiger charge is 2.38. The van der Waals surface area contributed by atoms with Crippen LogP contribution in [0.1, 0.15) is 12.8 Å². The Morgan fingerprint density at radius 1 is 1.50 bits per heavy atom. The van der Waals surface area contributed by atoms with E-state index < -0.39 is 12.1 Å². The third kappa shape index (κ3) is 3.77. The molecule has 1 amide bonds. The minimum absolute atomic E-state index is 0.144. The highest BCUT2D eigenvalue weighted by atomic mass is 32.2. The maximum atomic E-state index is 11.8. The largest absolute Gasteiger partial charge is 0.471 e. The van der Waals surface area contributed by atoms with Crippen molar-refractivity contribution in [2.45, 2.75) is 19.0 Å². The van der Waals surface area contributed by atoms with Gasteiger partial charge >= 0.3 is 12.1 Å². The maximum absolute atomic E-state index is 11.8. The van der Waals surface area contributed by atoms with Crippen molar-refractivity contribution in [3.8, 4) is 0 Å². The summed E-state index contributed by atoms with van der Waals surface area (Å²) in [5.74, 6) is 0.287. The molecule has 0 saturated carbocycles. The quantitative estimate of drug-likeness (QED) is 0.779. The van der Waals surface area contributed by atoms with Gasteiger partial charge in [-0.3, -0.25) is 4.79 Å². The number of amides is 1. The van der Waals surface area contributed by atoms with Crippen molar-refractivity contribution in [3.05, 3.63) is 0 Å². The zero-order chi connectivity index (χ0) is 10.6. The second-order valence-electron chi connectivity index (χ2n) is 3.29. The fraction of sp³-hybridized carbons (Fsp3) is 0.875. The van der Waals surface area contributed by atoms with Gasteiger partial charge in [-0.1, -0.05) is 0 Å². The Hall–Kier alpha value is -0.390. The molecule has 0 aromatic carbocycles. The molecule has 1 saturated heterocycles. The van der Waals surface area contributed by atoms with E-state index in [2.05, 4.69) is 0 Å². The van der Waals surface area contributed by atoms with E-state index in [0.29, 0.717) is 0 Å². The van der Waals surface area contributed by atoms with Gasteiger partial charge in [-0.2, -0.15) is 24.9 Å². The van der Waals surface area contributed by atoms with Crippen LogP contribution in [-0.2, 0) is 4.79 Å². The van der Waals surface area contributed by atoms with Gasteiger partial charge in [-0.05, 0) is 30.3 Å². The van der Waals surface area contributed by atoms with E-state index in [4.69, 9.17) is 0 Å². The molecule has 1 atom stereocenters. The van der Waals surface area contributed by atoms with E-state index in [0.717, 1.165) is 24.3 Å². The van der Waals surface area contributed by atoms with Crippen LogP contribution < -0.4 is 5.32 Å². The first-order valence-corrected chi connectivity index (χ1v) is 5.58. The SMILES string of the molecule is O=C(NCC1CCCSC1)C(F)(F)F. The Morgan fingerprint density at radius 3 is 2.71 bits per heavy atom. The predicted octanol–water partition coefficient (Wildman–Crippen LogP) is 1.81. The average molecular weight is 227 g/mol. The summed E-state index contributed by atoms with van der Waals surface area (Å²) in [7, 11) is 0. The molecule has 82 valence electrons. The Bertz CT molecular complexity index is 201. The first kappa shape index (κ1) is 11.7. The summed E-state index contributed by atoms with van der Waals surface area (Å²) in [5, 5.41) is 1.92. The fourth-order valence-electron chi connectivity index (χ4n) is 1.31. The molecule has 1 aliphatic rings. The molecule has 0 spiro atoms. The van der Waals surface area contributed by atoms with E-state index in [-0.39, 0.29) is 12.5 Å². The van der Waals surface area contributed by atoms with Crippen LogP contribution in [0.4, 0.5) is 13.2 Å². The van der Waals surface area contributed by atoms with Gasteiger partial charge in [0, 0.05) is 6.54 Å². The zero-order valence-electron chi connectivity index (χ0n) is 7.56. The Labute approximate surface area is 84.6 Å². The van der Waals surface area contributed by atoms with E-state index in [1.807, 2.05) is 5.32 Å². The molecule has 0 aromatic rings. The van der Waals surface area contributed by atoms with Gasteiger partial charge in [0.1, 0.15) is 0 Å². The van der Waals surface area contributed by atoms with Gasteiger partial charge in [0.2, 0.25) is 0 Å². The molecule has 1 N–H and O–H groups in total. The Morgan fingerprint density at radius 2 is 2.21 bits per heavy atom. The minimum atomic E-state index is -4.75. The predicted molar refractivity (Wildman–Crippen MR) is 49.1 cm³/mol. The molecule has 1 aliphatic heterocycles.